The van der Waals surface area contributed by atoms with Gasteiger partial charge in [0.1, 0.15) is 4.90 Å². The van der Waals surface area contributed by atoms with Crippen molar-refractivity contribution in [1.82, 2.24) is 9.29 Å². The fourth-order valence-corrected chi connectivity index (χ4v) is 3.59. The molecule has 0 bridgehead atoms. The highest BCUT2D eigenvalue weighted by molar-refractivity contribution is 7.89. The molecule has 0 N–H and O–H groups in total. The third-order valence-corrected chi connectivity index (χ3v) is 4.58. The Balaban J connectivity index is 3.34. The van der Waals surface area contributed by atoms with Crippen LogP contribution in [-0.2, 0) is 16.2 Å². The molecule has 0 unspecified atom stereocenters. The lowest BCUT2D eigenvalue weighted by Gasteiger charge is -2.22. The summed E-state index contributed by atoms with van der Waals surface area (Å²) >= 11 is 0. The van der Waals surface area contributed by atoms with E-state index in [9.17, 15) is 21.6 Å². The molecule has 1 rings (SSSR count). The lowest BCUT2D eigenvalue weighted by molar-refractivity contribution is -0.140. The van der Waals surface area contributed by atoms with Gasteiger partial charge in [-0.15, -0.1) is 0 Å². The second-order valence-corrected chi connectivity index (χ2v) is 6.18. The van der Waals surface area contributed by atoms with Crippen LogP contribution < -0.4 is 0 Å². The second kappa shape index (κ2) is 6.53. The van der Waals surface area contributed by atoms with Crippen LogP contribution in [-0.4, -0.2) is 30.8 Å². The largest absolute Gasteiger partial charge is 0.417 e. The number of aromatic nitrogens is 1. The van der Waals surface area contributed by atoms with E-state index in [2.05, 4.69) is 4.98 Å². The van der Waals surface area contributed by atoms with Crippen LogP contribution in [0.3, 0.4) is 0 Å². The van der Waals surface area contributed by atoms with E-state index in [1.807, 2.05) is 0 Å². The van der Waals surface area contributed by atoms with Gasteiger partial charge in [0.25, 0.3) is 0 Å². The molecule has 1 heterocycles. The molecule has 0 radical (unpaired) electrons. The van der Waals surface area contributed by atoms with Crippen molar-refractivity contribution in [3.8, 4) is 0 Å². The summed E-state index contributed by atoms with van der Waals surface area (Å²) in [6.07, 6.45) is -1.97. The Hall–Kier alpha value is -1.15. The van der Waals surface area contributed by atoms with Crippen molar-refractivity contribution < 1.29 is 21.6 Å². The Labute approximate surface area is 116 Å². The molecule has 0 saturated carbocycles. The zero-order valence-corrected chi connectivity index (χ0v) is 12.1. The number of nitrogens with zero attached hydrogens (tertiary/aromatic N) is 2. The van der Waals surface area contributed by atoms with Crippen LogP contribution in [0.1, 0.15) is 32.3 Å². The van der Waals surface area contributed by atoms with E-state index in [4.69, 9.17) is 0 Å². The fourth-order valence-electron chi connectivity index (χ4n) is 1.81. The number of pyridine rings is 1. The van der Waals surface area contributed by atoms with Crippen molar-refractivity contribution in [2.24, 2.45) is 0 Å². The predicted octanol–water partition coefficient (Wildman–Crippen LogP) is 2.91. The van der Waals surface area contributed by atoms with Crippen molar-refractivity contribution in [2.45, 2.75) is 37.8 Å². The van der Waals surface area contributed by atoms with Crippen LogP contribution in [0, 0.1) is 0 Å². The third kappa shape index (κ3) is 3.69. The maximum atomic E-state index is 12.9. The minimum absolute atomic E-state index is 0.183. The molecule has 0 spiro atoms. The Morgan fingerprint density at radius 1 is 1.20 bits per heavy atom. The maximum absolute atomic E-state index is 12.9. The van der Waals surface area contributed by atoms with E-state index in [0.29, 0.717) is 18.9 Å². The van der Waals surface area contributed by atoms with Crippen molar-refractivity contribution in [1.29, 1.82) is 0 Å². The van der Waals surface area contributed by atoms with Gasteiger partial charge in [-0.2, -0.15) is 17.5 Å². The Bertz CT molecular complexity index is 538. The molecular formula is C12H17F3N2O2S. The van der Waals surface area contributed by atoms with Crippen molar-refractivity contribution in [3.63, 3.8) is 0 Å². The highest BCUT2D eigenvalue weighted by atomic mass is 32.2. The summed E-state index contributed by atoms with van der Waals surface area (Å²) < 4.78 is 64.5. The number of hydrogen-bond donors (Lipinski definition) is 0. The Morgan fingerprint density at radius 3 is 2.20 bits per heavy atom. The van der Waals surface area contributed by atoms with Gasteiger partial charge in [-0.1, -0.05) is 13.8 Å². The number of rotatable bonds is 6. The molecule has 20 heavy (non-hydrogen) atoms. The Morgan fingerprint density at radius 2 is 1.75 bits per heavy atom. The number of halogens is 3. The molecule has 0 saturated heterocycles. The first kappa shape index (κ1) is 16.9. The van der Waals surface area contributed by atoms with Gasteiger partial charge in [0.05, 0.1) is 5.56 Å². The summed E-state index contributed by atoms with van der Waals surface area (Å²) in [5, 5.41) is 0. The van der Waals surface area contributed by atoms with Gasteiger partial charge in [-0.25, -0.2) is 8.42 Å². The Kier molecular flexibility index (Phi) is 5.52. The number of hydrogen-bond acceptors (Lipinski definition) is 3. The highest BCUT2D eigenvalue weighted by Crippen LogP contribution is 2.34. The quantitative estimate of drug-likeness (QED) is 0.812. The summed E-state index contributed by atoms with van der Waals surface area (Å²) in [6, 6.07) is 0.683. The van der Waals surface area contributed by atoms with E-state index in [1.54, 1.807) is 13.8 Å². The van der Waals surface area contributed by atoms with E-state index in [0.717, 1.165) is 16.7 Å². The van der Waals surface area contributed by atoms with Crippen LogP contribution in [0.2, 0.25) is 0 Å². The molecule has 0 amide bonds. The van der Waals surface area contributed by atoms with Crippen LogP contribution in [0.4, 0.5) is 13.2 Å². The molecule has 0 aromatic carbocycles. The average Bonchev–Trinajstić information content (AvgIpc) is 2.37. The fraction of sp³-hybridized carbons (Fsp3) is 0.583. The van der Waals surface area contributed by atoms with Crippen molar-refractivity contribution in [2.75, 3.05) is 13.1 Å². The molecule has 1 aromatic heterocycles. The van der Waals surface area contributed by atoms with Crippen molar-refractivity contribution >= 4 is 10.0 Å². The van der Waals surface area contributed by atoms with Crippen molar-refractivity contribution in [3.05, 3.63) is 24.0 Å². The molecule has 0 aliphatic carbocycles. The molecule has 4 nitrogen and oxygen atoms in total. The van der Waals surface area contributed by atoms with E-state index in [-0.39, 0.29) is 13.1 Å². The number of sulfonamides is 1. The standard InChI is InChI=1S/C12H17F3N2O2S/c1-3-7-17(8-4-2)20(18,19)11-9-16-6-5-10(11)12(13,14)15/h5-6,9H,3-4,7-8H2,1-2H3. The average molecular weight is 310 g/mol. The van der Waals surface area contributed by atoms with E-state index >= 15 is 0 Å². The summed E-state index contributed by atoms with van der Waals surface area (Å²) in [4.78, 5) is 2.74. The molecular weight excluding hydrogens is 293 g/mol. The summed E-state index contributed by atoms with van der Waals surface area (Å²) in [6.45, 7) is 3.91. The van der Waals surface area contributed by atoms with Gasteiger partial charge in [-0.3, -0.25) is 4.98 Å². The molecule has 0 aliphatic heterocycles. The van der Waals surface area contributed by atoms with Gasteiger partial charge in [-0.05, 0) is 18.9 Å². The zero-order valence-electron chi connectivity index (χ0n) is 11.3. The van der Waals surface area contributed by atoms with Gasteiger partial charge < -0.3 is 0 Å². The first-order chi connectivity index (χ1) is 9.25. The lowest BCUT2D eigenvalue weighted by Crippen LogP contribution is -2.34. The van der Waals surface area contributed by atoms with Gasteiger partial charge in [0, 0.05) is 25.5 Å². The summed E-state index contributed by atoms with van der Waals surface area (Å²) in [5.41, 5.74) is -1.18. The SMILES string of the molecule is CCCN(CCC)S(=O)(=O)c1cnccc1C(F)(F)F. The first-order valence-electron chi connectivity index (χ1n) is 6.26. The first-order valence-corrected chi connectivity index (χ1v) is 7.70. The van der Waals surface area contributed by atoms with Gasteiger partial charge in [0.2, 0.25) is 10.0 Å². The molecule has 0 aliphatic rings. The molecule has 0 fully saturated rings. The summed E-state index contributed by atoms with van der Waals surface area (Å²) in [7, 11) is -4.19. The highest BCUT2D eigenvalue weighted by Gasteiger charge is 2.38. The lowest BCUT2D eigenvalue weighted by atomic mass is 10.3. The van der Waals surface area contributed by atoms with Gasteiger partial charge >= 0.3 is 6.18 Å². The van der Waals surface area contributed by atoms with Crippen LogP contribution in [0.15, 0.2) is 23.4 Å². The third-order valence-electron chi connectivity index (χ3n) is 2.65. The minimum atomic E-state index is -4.73. The topological polar surface area (TPSA) is 50.3 Å². The van der Waals surface area contributed by atoms with E-state index < -0.39 is 26.7 Å². The normalized spacial score (nSPS) is 12.9. The molecule has 1 aromatic rings. The predicted molar refractivity (Wildman–Crippen MR) is 68.6 cm³/mol. The summed E-state index contributed by atoms with van der Waals surface area (Å²) in [5.74, 6) is 0. The monoisotopic (exact) mass is 310 g/mol. The van der Waals surface area contributed by atoms with Crippen LogP contribution in [0.5, 0.6) is 0 Å². The van der Waals surface area contributed by atoms with Gasteiger partial charge in [0.15, 0.2) is 0 Å². The molecule has 114 valence electrons. The van der Waals surface area contributed by atoms with E-state index in [1.165, 1.54) is 0 Å². The van der Waals surface area contributed by atoms with Crippen LogP contribution in [0.25, 0.3) is 0 Å². The smallest absolute Gasteiger partial charge is 0.263 e. The van der Waals surface area contributed by atoms with Crippen LogP contribution >= 0.6 is 0 Å². The molecule has 8 heteroatoms. The molecule has 0 atom stereocenters. The maximum Gasteiger partial charge on any atom is 0.417 e. The minimum Gasteiger partial charge on any atom is -0.263 e. The zero-order chi connectivity index (χ0) is 15.4. The number of alkyl halides is 3. The second-order valence-electron chi connectivity index (χ2n) is 4.27.